The predicted octanol–water partition coefficient (Wildman–Crippen LogP) is 4.25. The molecule has 0 aliphatic heterocycles. The molecule has 0 unspecified atom stereocenters. The van der Waals surface area contributed by atoms with Crippen LogP contribution in [0.2, 0.25) is 0 Å². The van der Waals surface area contributed by atoms with Gasteiger partial charge in [-0.05, 0) is 43.0 Å². The third kappa shape index (κ3) is 2.86. The molecular weight excluding hydrogens is 324 g/mol. The van der Waals surface area contributed by atoms with Gasteiger partial charge >= 0.3 is 0 Å². The van der Waals surface area contributed by atoms with Crippen LogP contribution in [0, 0.1) is 17.6 Å². The van der Waals surface area contributed by atoms with E-state index in [0.29, 0.717) is 29.4 Å². The number of hydrogen-bond acceptors (Lipinski definition) is 2. The number of halogens is 2. The smallest absolute Gasteiger partial charge is 0.258 e. The summed E-state index contributed by atoms with van der Waals surface area (Å²) < 4.78 is 29.8. The molecule has 4 nitrogen and oxygen atoms in total. The van der Waals surface area contributed by atoms with E-state index in [2.05, 4.69) is 9.97 Å². The first-order chi connectivity index (χ1) is 12.1. The lowest BCUT2D eigenvalue weighted by Crippen LogP contribution is -2.17. The van der Waals surface area contributed by atoms with E-state index in [1.54, 1.807) is 24.4 Å². The third-order valence-corrected chi connectivity index (χ3v) is 5.04. The summed E-state index contributed by atoms with van der Waals surface area (Å²) >= 11 is 0. The Balaban J connectivity index is 1.91. The first-order valence-corrected chi connectivity index (χ1v) is 8.67. The molecule has 2 heterocycles. The molecule has 4 rings (SSSR count). The molecule has 0 spiro atoms. The number of nitrogens with zero attached hydrogens (tertiary/aromatic N) is 2. The van der Waals surface area contributed by atoms with Crippen molar-refractivity contribution in [3.05, 3.63) is 52.5 Å². The molecule has 3 aromatic rings. The molecule has 1 N–H and O–H groups in total. The maximum Gasteiger partial charge on any atom is 0.258 e. The zero-order chi connectivity index (χ0) is 17.4. The highest BCUT2D eigenvalue weighted by Gasteiger charge is 2.22. The van der Waals surface area contributed by atoms with Crippen molar-refractivity contribution < 1.29 is 8.78 Å². The Hall–Kier alpha value is -2.50. The molecule has 0 saturated heterocycles. The number of rotatable bonds is 3. The van der Waals surface area contributed by atoms with Gasteiger partial charge in [-0.25, -0.2) is 13.8 Å². The number of pyridine rings is 1. The molecule has 1 aromatic carbocycles. The summed E-state index contributed by atoms with van der Waals surface area (Å²) in [4.78, 5) is 19.1. The molecule has 130 valence electrons. The van der Waals surface area contributed by atoms with Gasteiger partial charge in [-0.1, -0.05) is 19.3 Å². The van der Waals surface area contributed by atoms with Crippen LogP contribution in [0.4, 0.5) is 8.78 Å². The summed E-state index contributed by atoms with van der Waals surface area (Å²) in [5.41, 5.74) is 0.592. The number of nitrogens with one attached hydrogen (secondary N) is 1. The Kier molecular flexibility index (Phi) is 4.11. The summed E-state index contributed by atoms with van der Waals surface area (Å²) in [5, 5.41) is 0. The zero-order valence-electron chi connectivity index (χ0n) is 13.8. The van der Waals surface area contributed by atoms with Crippen molar-refractivity contribution in [1.29, 1.82) is 0 Å². The quantitative estimate of drug-likeness (QED) is 0.773. The topological polar surface area (TPSA) is 50.7 Å². The van der Waals surface area contributed by atoms with Crippen molar-refractivity contribution in [2.45, 2.75) is 38.6 Å². The first kappa shape index (κ1) is 16.0. The largest absolute Gasteiger partial charge is 0.328 e. The van der Waals surface area contributed by atoms with Crippen LogP contribution in [-0.4, -0.2) is 14.5 Å². The van der Waals surface area contributed by atoms with Crippen molar-refractivity contribution in [3.8, 4) is 11.4 Å². The van der Waals surface area contributed by atoms with E-state index in [-0.39, 0.29) is 11.1 Å². The van der Waals surface area contributed by atoms with Gasteiger partial charge in [-0.3, -0.25) is 4.79 Å². The van der Waals surface area contributed by atoms with Gasteiger partial charge in [-0.15, -0.1) is 0 Å². The molecule has 1 aliphatic carbocycles. The second kappa shape index (κ2) is 6.43. The number of fused-ring (bicyclic) bond motifs is 1. The Labute approximate surface area is 143 Å². The standard InChI is InChI=1S/C19H19F2N3O/c20-14-8-9-15-17(16(14)21)23-18(13-7-4-10-22-19(13)25)24(15)11-12-5-2-1-3-6-12/h4,7-10,12H,1-3,5-6,11H2,(H,22,25). The van der Waals surface area contributed by atoms with E-state index in [4.69, 9.17) is 0 Å². The van der Waals surface area contributed by atoms with Gasteiger partial charge in [0.15, 0.2) is 11.6 Å². The predicted molar refractivity (Wildman–Crippen MR) is 92.3 cm³/mol. The number of aromatic nitrogens is 3. The number of hydrogen-bond donors (Lipinski definition) is 1. The fourth-order valence-corrected chi connectivity index (χ4v) is 3.75. The van der Waals surface area contributed by atoms with Crippen LogP contribution in [0.3, 0.4) is 0 Å². The van der Waals surface area contributed by atoms with Gasteiger partial charge in [0.05, 0.1) is 11.1 Å². The monoisotopic (exact) mass is 343 g/mol. The average molecular weight is 343 g/mol. The van der Waals surface area contributed by atoms with Crippen LogP contribution in [0.15, 0.2) is 35.3 Å². The van der Waals surface area contributed by atoms with Crippen LogP contribution in [0.25, 0.3) is 22.4 Å². The third-order valence-electron chi connectivity index (χ3n) is 5.04. The number of H-pyrrole nitrogens is 1. The number of imidazole rings is 1. The van der Waals surface area contributed by atoms with E-state index in [0.717, 1.165) is 18.9 Å². The minimum absolute atomic E-state index is 0.0194. The highest BCUT2D eigenvalue weighted by atomic mass is 19.2. The summed E-state index contributed by atoms with van der Waals surface area (Å²) in [6, 6.07) is 6.03. The van der Waals surface area contributed by atoms with Gasteiger partial charge in [-0.2, -0.15) is 0 Å². The minimum atomic E-state index is -0.964. The van der Waals surface area contributed by atoms with Gasteiger partial charge < -0.3 is 9.55 Å². The highest BCUT2D eigenvalue weighted by Crippen LogP contribution is 2.31. The molecule has 0 amide bonds. The molecule has 0 radical (unpaired) electrons. The summed E-state index contributed by atoms with van der Waals surface area (Å²) in [6.45, 7) is 0.658. The van der Waals surface area contributed by atoms with Crippen LogP contribution < -0.4 is 5.56 Å². The molecule has 1 fully saturated rings. The van der Waals surface area contributed by atoms with Crippen molar-refractivity contribution in [2.24, 2.45) is 5.92 Å². The maximum atomic E-state index is 14.2. The van der Waals surface area contributed by atoms with E-state index in [9.17, 15) is 13.6 Å². The summed E-state index contributed by atoms with van der Waals surface area (Å²) in [6.07, 6.45) is 7.36. The fraction of sp³-hybridized carbons (Fsp3) is 0.368. The van der Waals surface area contributed by atoms with Crippen molar-refractivity contribution in [3.63, 3.8) is 0 Å². The molecule has 25 heavy (non-hydrogen) atoms. The molecular formula is C19H19F2N3O. The van der Waals surface area contributed by atoms with Gasteiger partial charge in [0, 0.05) is 12.7 Å². The van der Waals surface area contributed by atoms with E-state index < -0.39 is 11.6 Å². The minimum Gasteiger partial charge on any atom is -0.328 e. The molecule has 0 bridgehead atoms. The van der Waals surface area contributed by atoms with Crippen LogP contribution >= 0.6 is 0 Å². The fourth-order valence-electron chi connectivity index (χ4n) is 3.75. The Morgan fingerprint density at radius 1 is 1.16 bits per heavy atom. The molecule has 6 heteroatoms. The SMILES string of the molecule is O=c1[nH]cccc1-c1nc2c(F)c(F)ccc2n1CC1CCCCC1. The highest BCUT2D eigenvalue weighted by molar-refractivity contribution is 5.81. The van der Waals surface area contributed by atoms with Crippen LogP contribution in [-0.2, 0) is 6.54 Å². The molecule has 1 saturated carbocycles. The van der Waals surface area contributed by atoms with Gasteiger partial charge in [0.2, 0.25) is 0 Å². The van der Waals surface area contributed by atoms with Crippen molar-refractivity contribution in [1.82, 2.24) is 14.5 Å². The summed E-state index contributed by atoms with van der Waals surface area (Å²) in [7, 11) is 0. The zero-order valence-corrected chi connectivity index (χ0v) is 13.8. The van der Waals surface area contributed by atoms with Crippen molar-refractivity contribution >= 4 is 11.0 Å². The lowest BCUT2D eigenvalue weighted by atomic mass is 9.89. The lowest BCUT2D eigenvalue weighted by molar-refractivity contribution is 0.323. The lowest BCUT2D eigenvalue weighted by Gasteiger charge is -2.23. The number of aromatic amines is 1. The second-order valence-corrected chi connectivity index (χ2v) is 6.69. The maximum absolute atomic E-state index is 14.2. The van der Waals surface area contributed by atoms with Gasteiger partial charge in [0.25, 0.3) is 5.56 Å². The van der Waals surface area contributed by atoms with E-state index >= 15 is 0 Å². The first-order valence-electron chi connectivity index (χ1n) is 8.67. The van der Waals surface area contributed by atoms with Gasteiger partial charge in [0.1, 0.15) is 11.3 Å². The number of benzene rings is 1. The average Bonchev–Trinajstić information content (AvgIpc) is 2.98. The Morgan fingerprint density at radius 2 is 1.96 bits per heavy atom. The second-order valence-electron chi connectivity index (χ2n) is 6.69. The van der Waals surface area contributed by atoms with E-state index in [1.165, 1.54) is 19.3 Å². The molecule has 2 aromatic heterocycles. The Bertz CT molecular complexity index is 970. The van der Waals surface area contributed by atoms with Crippen LogP contribution in [0.5, 0.6) is 0 Å². The Morgan fingerprint density at radius 3 is 2.72 bits per heavy atom. The summed E-state index contributed by atoms with van der Waals surface area (Å²) in [5.74, 6) is -1.04. The van der Waals surface area contributed by atoms with Crippen molar-refractivity contribution in [2.75, 3.05) is 0 Å². The van der Waals surface area contributed by atoms with Crippen LogP contribution in [0.1, 0.15) is 32.1 Å². The molecule has 1 aliphatic rings. The normalized spacial score (nSPS) is 15.8. The molecule has 0 atom stereocenters. The van der Waals surface area contributed by atoms with E-state index in [1.807, 2.05) is 4.57 Å².